The highest BCUT2D eigenvalue weighted by molar-refractivity contribution is 6.20. The molecule has 0 radical (unpaired) electrons. The summed E-state index contributed by atoms with van der Waals surface area (Å²) in [6, 6.07) is 40.1. The third-order valence-corrected chi connectivity index (χ3v) is 5.43. The molecule has 0 aliphatic carbocycles. The molecule has 0 unspecified atom stereocenters. The Morgan fingerprint density at radius 3 is 1.52 bits per heavy atom. The zero-order valence-electron chi connectivity index (χ0n) is 17.9. The van der Waals surface area contributed by atoms with Gasteiger partial charge in [-0.15, -0.1) is 4.80 Å². The van der Waals surface area contributed by atoms with Gasteiger partial charge in [-0.2, -0.15) is 0 Å². The third-order valence-electron chi connectivity index (χ3n) is 5.43. The van der Waals surface area contributed by atoms with Gasteiger partial charge in [0.25, 0.3) is 0 Å². The molecule has 1 heterocycles. The number of para-hydroxylation sites is 1. The molecule has 0 bridgehead atoms. The van der Waals surface area contributed by atoms with Gasteiger partial charge in [0.2, 0.25) is 0 Å². The lowest BCUT2D eigenvalue weighted by atomic mass is 9.77. The molecule has 4 aromatic carbocycles. The van der Waals surface area contributed by atoms with Crippen molar-refractivity contribution < 1.29 is 9.31 Å². The normalized spacial score (nSPS) is 11.0. The summed E-state index contributed by atoms with van der Waals surface area (Å²) in [7, 11) is -0.0231. The van der Waals surface area contributed by atoms with Gasteiger partial charge in [0, 0.05) is 0 Å². The minimum absolute atomic E-state index is 0.0231. The van der Waals surface area contributed by atoms with E-state index in [2.05, 4.69) is 51.8 Å². The van der Waals surface area contributed by atoms with Crippen LogP contribution in [0.5, 0.6) is 11.8 Å². The molecular formula is C26H21BN4O2. The predicted molar refractivity (Wildman–Crippen MR) is 127 cm³/mol. The maximum atomic E-state index is 5.67. The highest BCUT2D eigenvalue weighted by Gasteiger charge is 2.41. The van der Waals surface area contributed by atoms with Gasteiger partial charge in [-0.1, -0.05) is 119 Å². The second-order valence-electron chi connectivity index (χ2n) is 7.39. The van der Waals surface area contributed by atoms with Crippen molar-refractivity contribution in [2.24, 2.45) is 0 Å². The van der Waals surface area contributed by atoms with Crippen LogP contribution < -0.4 is 9.31 Å². The van der Waals surface area contributed by atoms with E-state index in [1.807, 2.05) is 84.9 Å². The molecule has 0 spiro atoms. The van der Waals surface area contributed by atoms with Crippen LogP contribution >= 0.6 is 0 Å². The van der Waals surface area contributed by atoms with Crippen LogP contribution in [0.2, 0.25) is 0 Å². The van der Waals surface area contributed by atoms with E-state index in [0.29, 0.717) is 5.75 Å². The average molecular weight is 432 g/mol. The lowest BCUT2D eigenvalue weighted by Gasteiger charge is -2.34. The van der Waals surface area contributed by atoms with Crippen molar-refractivity contribution in [1.29, 1.82) is 0 Å². The molecular weight excluding hydrogens is 411 g/mol. The van der Waals surface area contributed by atoms with Gasteiger partial charge in [-0.05, 0) is 34.0 Å². The highest BCUT2D eigenvalue weighted by Crippen LogP contribution is 2.39. The number of hydrogen-bond acceptors (Lipinski definition) is 5. The molecule has 0 aliphatic heterocycles. The fraction of sp³-hybridized carbons (Fsp3) is 0.0385. The van der Waals surface area contributed by atoms with Crippen molar-refractivity contribution in [3.63, 3.8) is 0 Å². The molecule has 6 nitrogen and oxygen atoms in total. The summed E-state index contributed by atoms with van der Waals surface area (Å²) in [6.45, 7) is 0. The fourth-order valence-corrected chi connectivity index (χ4v) is 3.95. The molecule has 5 aromatic rings. The van der Waals surface area contributed by atoms with E-state index in [1.165, 1.54) is 0 Å². The molecule has 0 aliphatic rings. The maximum absolute atomic E-state index is 5.67. The van der Waals surface area contributed by atoms with Crippen molar-refractivity contribution in [2.75, 3.05) is 0 Å². The minimum Gasteiger partial charge on any atom is -0.528 e. The average Bonchev–Trinajstić information content (AvgIpc) is 3.36. The van der Waals surface area contributed by atoms with Crippen molar-refractivity contribution in [1.82, 2.24) is 20.2 Å². The van der Waals surface area contributed by atoms with E-state index in [9.17, 15) is 0 Å². The van der Waals surface area contributed by atoms with Gasteiger partial charge in [-0.25, -0.2) is 0 Å². The number of rotatable bonds is 8. The van der Waals surface area contributed by atoms with Crippen molar-refractivity contribution in [2.45, 2.75) is 5.54 Å². The molecule has 1 aromatic heterocycles. The summed E-state index contributed by atoms with van der Waals surface area (Å²) in [4.78, 5) is 1.62. The molecule has 0 fully saturated rings. The molecule has 0 amide bonds. The van der Waals surface area contributed by atoms with E-state index in [-0.39, 0.29) is 13.7 Å². The van der Waals surface area contributed by atoms with Crippen LogP contribution in [-0.4, -0.2) is 27.9 Å². The van der Waals surface area contributed by atoms with Crippen LogP contribution in [0.25, 0.3) is 0 Å². The Bertz CT molecular complexity index is 1190. The Hall–Kier alpha value is -4.39. The SMILES string of the molecule is B(Oc1ccccc1)Oc1nnn(C(c2ccccc2)(c2ccccc2)c2ccccc2)n1. The van der Waals surface area contributed by atoms with Crippen LogP contribution in [0.3, 0.4) is 0 Å². The third kappa shape index (κ3) is 4.08. The molecule has 7 heteroatoms. The van der Waals surface area contributed by atoms with Gasteiger partial charge in [0.05, 0.1) is 0 Å². The van der Waals surface area contributed by atoms with Crippen LogP contribution in [0, 0.1) is 0 Å². The van der Waals surface area contributed by atoms with Gasteiger partial charge in [0.15, 0.2) is 5.54 Å². The first kappa shape index (κ1) is 20.5. The quantitative estimate of drug-likeness (QED) is 0.271. The van der Waals surface area contributed by atoms with Gasteiger partial charge >= 0.3 is 13.7 Å². The van der Waals surface area contributed by atoms with Crippen LogP contribution in [0.1, 0.15) is 16.7 Å². The number of aromatic nitrogens is 4. The summed E-state index contributed by atoms with van der Waals surface area (Å²) >= 11 is 0. The minimum atomic E-state index is -0.835. The van der Waals surface area contributed by atoms with Crippen molar-refractivity contribution >= 4 is 7.69 Å². The first-order valence-electron chi connectivity index (χ1n) is 10.6. The molecule has 0 saturated heterocycles. The second kappa shape index (κ2) is 9.40. The predicted octanol–water partition coefficient (Wildman–Crippen LogP) is 4.24. The first-order valence-corrected chi connectivity index (χ1v) is 10.6. The zero-order chi connectivity index (χ0) is 22.3. The highest BCUT2D eigenvalue weighted by atomic mass is 16.6. The molecule has 33 heavy (non-hydrogen) atoms. The molecule has 0 saturated carbocycles. The fourth-order valence-electron chi connectivity index (χ4n) is 3.95. The smallest absolute Gasteiger partial charge is 0.528 e. The van der Waals surface area contributed by atoms with E-state index in [0.717, 1.165) is 16.7 Å². The molecule has 0 atom stereocenters. The van der Waals surface area contributed by atoms with Gasteiger partial charge < -0.3 is 9.31 Å². The number of hydrogen-bond donors (Lipinski definition) is 0. The summed E-state index contributed by atoms with van der Waals surface area (Å²) in [6.07, 6.45) is 0. The Kier molecular flexibility index (Phi) is 5.84. The Labute approximate surface area is 192 Å². The largest absolute Gasteiger partial charge is 0.578 e. The summed E-state index contributed by atoms with van der Waals surface area (Å²) < 4.78 is 11.3. The van der Waals surface area contributed by atoms with E-state index in [1.54, 1.807) is 4.80 Å². The number of tetrazole rings is 1. The van der Waals surface area contributed by atoms with Crippen LogP contribution in [0.4, 0.5) is 0 Å². The number of nitrogens with zero attached hydrogens (tertiary/aromatic N) is 4. The lowest BCUT2D eigenvalue weighted by Crippen LogP contribution is -2.39. The van der Waals surface area contributed by atoms with Crippen LogP contribution in [0.15, 0.2) is 121 Å². The maximum Gasteiger partial charge on any atom is 0.578 e. The lowest BCUT2D eigenvalue weighted by molar-refractivity contribution is 0.385. The van der Waals surface area contributed by atoms with E-state index >= 15 is 0 Å². The van der Waals surface area contributed by atoms with E-state index < -0.39 is 5.54 Å². The number of benzene rings is 4. The molecule has 0 N–H and O–H groups in total. The first-order chi connectivity index (χ1) is 16.4. The monoisotopic (exact) mass is 432 g/mol. The summed E-state index contributed by atoms with van der Waals surface area (Å²) in [5, 5.41) is 13.2. The Morgan fingerprint density at radius 2 is 1.03 bits per heavy atom. The van der Waals surface area contributed by atoms with Gasteiger partial charge in [0.1, 0.15) is 5.75 Å². The van der Waals surface area contributed by atoms with Gasteiger partial charge in [-0.3, -0.25) is 0 Å². The van der Waals surface area contributed by atoms with E-state index in [4.69, 9.17) is 9.31 Å². The second-order valence-corrected chi connectivity index (χ2v) is 7.39. The topological polar surface area (TPSA) is 62.1 Å². The summed E-state index contributed by atoms with van der Waals surface area (Å²) in [5.41, 5.74) is 2.18. The zero-order valence-corrected chi connectivity index (χ0v) is 17.9. The Balaban J connectivity index is 1.57. The van der Waals surface area contributed by atoms with Crippen molar-refractivity contribution in [3.8, 4) is 11.8 Å². The van der Waals surface area contributed by atoms with Crippen LogP contribution in [-0.2, 0) is 5.54 Å². The summed E-state index contributed by atoms with van der Waals surface area (Å²) in [5.74, 6) is 0.706. The molecule has 5 rings (SSSR count). The standard InChI is InChI=1S/C26H21BN4O2/c1-5-13-21(14-6-1)26(22-15-7-2-8-16-22,23-17-9-3-10-18-23)31-29-25(28-30-31)33-27-32-24-19-11-4-12-20-24/h1-20,27H. The Morgan fingerprint density at radius 1 is 0.576 bits per heavy atom. The van der Waals surface area contributed by atoms with Crippen molar-refractivity contribution in [3.05, 3.63) is 138 Å². The molecule has 160 valence electrons.